The van der Waals surface area contributed by atoms with Crippen LogP contribution in [-0.2, 0) is 13.0 Å². The summed E-state index contributed by atoms with van der Waals surface area (Å²) in [5.74, 6) is 1.41. The van der Waals surface area contributed by atoms with Crippen LogP contribution < -0.4 is 5.32 Å². The van der Waals surface area contributed by atoms with Crippen LogP contribution in [0.15, 0.2) is 18.5 Å². The lowest BCUT2D eigenvalue weighted by atomic mass is 10.2. The van der Waals surface area contributed by atoms with Crippen LogP contribution in [0.25, 0.3) is 0 Å². The highest BCUT2D eigenvalue weighted by Gasteiger charge is 2.22. The van der Waals surface area contributed by atoms with Crippen LogP contribution >= 0.6 is 0 Å². The van der Waals surface area contributed by atoms with E-state index in [1.165, 1.54) is 18.5 Å². The molecule has 104 valence electrons. The van der Waals surface area contributed by atoms with Gasteiger partial charge in [-0.05, 0) is 19.4 Å². The zero-order valence-corrected chi connectivity index (χ0v) is 11.1. The molecule has 1 amide bonds. The van der Waals surface area contributed by atoms with Gasteiger partial charge in [-0.25, -0.2) is 0 Å². The van der Waals surface area contributed by atoms with Gasteiger partial charge in [0, 0.05) is 19.2 Å². The van der Waals surface area contributed by atoms with E-state index in [0.29, 0.717) is 5.56 Å². The molecule has 1 aliphatic heterocycles. The van der Waals surface area contributed by atoms with Gasteiger partial charge in [0.05, 0.1) is 17.8 Å². The summed E-state index contributed by atoms with van der Waals surface area (Å²) in [5.41, 5.74) is 0.318. The summed E-state index contributed by atoms with van der Waals surface area (Å²) in [4.78, 5) is 15.9. The zero-order chi connectivity index (χ0) is 14.1. The Hall–Kier alpha value is -2.44. The lowest BCUT2D eigenvalue weighted by Gasteiger charge is -2.13. The van der Waals surface area contributed by atoms with Gasteiger partial charge in [-0.2, -0.15) is 0 Å². The van der Waals surface area contributed by atoms with Gasteiger partial charge >= 0.3 is 0 Å². The Morgan fingerprint density at radius 2 is 2.30 bits per heavy atom. The number of aryl methyl sites for hydroxylation is 1. The van der Waals surface area contributed by atoms with Crippen LogP contribution in [0, 0.1) is 0 Å². The third kappa shape index (κ3) is 2.22. The van der Waals surface area contributed by atoms with Gasteiger partial charge < -0.3 is 15.0 Å². The molecule has 3 heterocycles. The Balaban J connectivity index is 1.75. The molecule has 0 saturated carbocycles. The number of carbonyl (C=O) groups is 1. The second-order valence-corrected chi connectivity index (χ2v) is 4.86. The van der Waals surface area contributed by atoms with Crippen molar-refractivity contribution in [1.82, 2.24) is 25.1 Å². The molecular weight excluding hydrogens is 258 g/mol. The molecule has 2 aromatic heterocycles. The van der Waals surface area contributed by atoms with E-state index in [-0.39, 0.29) is 17.7 Å². The summed E-state index contributed by atoms with van der Waals surface area (Å²) < 4.78 is 2.05. The maximum absolute atomic E-state index is 12.1. The molecule has 0 saturated heterocycles. The average molecular weight is 273 g/mol. The molecule has 0 aromatic carbocycles. The van der Waals surface area contributed by atoms with Crippen LogP contribution in [0.1, 0.15) is 41.4 Å². The third-order valence-corrected chi connectivity index (χ3v) is 3.36. The van der Waals surface area contributed by atoms with Crippen molar-refractivity contribution in [1.29, 1.82) is 0 Å². The van der Waals surface area contributed by atoms with Gasteiger partial charge in [-0.15, -0.1) is 10.2 Å². The molecule has 1 atom stereocenters. The molecule has 0 radical (unpaired) electrons. The summed E-state index contributed by atoms with van der Waals surface area (Å²) in [7, 11) is 0. The quantitative estimate of drug-likeness (QED) is 0.863. The number of aromatic nitrogens is 4. The van der Waals surface area contributed by atoms with Gasteiger partial charge in [-0.1, -0.05) is 0 Å². The predicted molar refractivity (Wildman–Crippen MR) is 70.1 cm³/mol. The maximum atomic E-state index is 12.1. The van der Waals surface area contributed by atoms with Crippen LogP contribution in [0.5, 0.6) is 5.75 Å². The summed E-state index contributed by atoms with van der Waals surface area (Å²) in [5, 5.41) is 20.4. The average Bonchev–Trinajstić information content (AvgIpc) is 3.00. The molecule has 2 aromatic rings. The number of pyridine rings is 1. The number of aromatic hydroxyl groups is 1. The fraction of sp³-hybridized carbons (Fsp3) is 0.385. The SMILES string of the molecule is CC(NC(=O)c1cncc(O)c1)c1nnc2n1CCC2. The molecule has 20 heavy (non-hydrogen) atoms. The van der Waals surface area contributed by atoms with Gasteiger partial charge in [0.1, 0.15) is 11.6 Å². The number of amides is 1. The van der Waals surface area contributed by atoms with E-state index < -0.39 is 0 Å². The highest BCUT2D eigenvalue weighted by atomic mass is 16.3. The molecule has 0 spiro atoms. The van der Waals surface area contributed by atoms with Crippen LogP contribution in [0.2, 0.25) is 0 Å². The Labute approximate surface area is 115 Å². The molecule has 7 nitrogen and oxygen atoms in total. The fourth-order valence-electron chi connectivity index (χ4n) is 2.39. The van der Waals surface area contributed by atoms with E-state index in [4.69, 9.17) is 0 Å². The molecule has 2 N–H and O–H groups in total. The van der Waals surface area contributed by atoms with Crippen molar-refractivity contribution in [2.75, 3.05) is 0 Å². The second-order valence-electron chi connectivity index (χ2n) is 4.86. The largest absolute Gasteiger partial charge is 0.506 e. The highest BCUT2D eigenvalue weighted by molar-refractivity contribution is 5.94. The minimum absolute atomic E-state index is 0.0336. The first-order chi connectivity index (χ1) is 9.65. The smallest absolute Gasteiger partial charge is 0.253 e. The van der Waals surface area contributed by atoms with Crippen molar-refractivity contribution >= 4 is 5.91 Å². The molecule has 0 aliphatic carbocycles. The first kappa shape index (κ1) is 12.6. The zero-order valence-electron chi connectivity index (χ0n) is 11.1. The normalized spacial score (nSPS) is 14.8. The minimum atomic E-state index is -0.295. The summed E-state index contributed by atoms with van der Waals surface area (Å²) >= 11 is 0. The van der Waals surface area contributed by atoms with Crippen molar-refractivity contribution in [2.45, 2.75) is 32.4 Å². The Morgan fingerprint density at radius 3 is 3.10 bits per heavy atom. The number of rotatable bonds is 3. The number of fused-ring (bicyclic) bond motifs is 1. The minimum Gasteiger partial charge on any atom is -0.506 e. The second kappa shape index (κ2) is 4.92. The van der Waals surface area contributed by atoms with E-state index in [1.807, 2.05) is 11.5 Å². The number of nitrogens with one attached hydrogen (secondary N) is 1. The maximum Gasteiger partial charge on any atom is 0.253 e. The van der Waals surface area contributed by atoms with E-state index in [9.17, 15) is 9.90 Å². The Bertz CT molecular complexity index is 652. The lowest BCUT2D eigenvalue weighted by Crippen LogP contribution is -2.28. The molecular formula is C13H15N5O2. The van der Waals surface area contributed by atoms with Gasteiger partial charge in [0.2, 0.25) is 0 Å². The molecule has 1 aliphatic rings. The molecule has 0 bridgehead atoms. The van der Waals surface area contributed by atoms with E-state index >= 15 is 0 Å². The number of hydrogen-bond donors (Lipinski definition) is 2. The summed E-state index contributed by atoms with van der Waals surface area (Å²) in [6.07, 6.45) is 4.70. The van der Waals surface area contributed by atoms with Gasteiger partial charge in [0.15, 0.2) is 5.82 Å². The van der Waals surface area contributed by atoms with Gasteiger partial charge in [-0.3, -0.25) is 9.78 Å². The number of nitrogens with zero attached hydrogens (tertiary/aromatic N) is 4. The summed E-state index contributed by atoms with van der Waals surface area (Å²) in [6, 6.07) is 1.13. The first-order valence-electron chi connectivity index (χ1n) is 6.52. The molecule has 3 rings (SSSR count). The Morgan fingerprint density at radius 1 is 1.45 bits per heavy atom. The van der Waals surface area contributed by atoms with Gasteiger partial charge in [0.25, 0.3) is 5.91 Å². The van der Waals surface area contributed by atoms with Crippen LogP contribution in [0.3, 0.4) is 0 Å². The van der Waals surface area contributed by atoms with Crippen LogP contribution in [-0.4, -0.2) is 30.8 Å². The molecule has 7 heteroatoms. The van der Waals surface area contributed by atoms with E-state index in [0.717, 1.165) is 31.0 Å². The lowest BCUT2D eigenvalue weighted by molar-refractivity contribution is 0.0937. The van der Waals surface area contributed by atoms with Crippen molar-refractivity contribution < 1.29 is 9.90 Å². The van der Waals surface area contributed by atoms with E-state index in [2.05, 4.69) is 20.5 Å². The molecule has 1 unspecified atom stereocenters. The highest BCUT2D eigenvalue weighted by Crippen LogP contribution is 2.19. The van der Waals surface area contributed by atoms with Crippen molar-refractivity contribution in [3.05, 3.63) is 35.7 Å². The monoisotopic (exact) mass is 273 g/mol. The number of hydrogen-bond acceptors (Lipinski definition) is 5. The van der Waals surface area contributed by atoms with Crippen molar-refractivity contribution in [3.8, 4) is 5.75 Å². The standard InChI is InChI=1S/C13H15N5O2/c1-8(12-17-16-11-3-2-4-18(11)12)15-13(20)9-5-10(19)7-14-6-9/h5-8,19H,2-4H2,1H3,(H,15,20). The summed E-state index contributed by atoms with van der Waals surface area (Å²) in [6.45, 7) is 2.76. The van der Waals surface area contributed by atoms with E-state index in [1.54, 1.807) is 0 Å². The molecule has 0 fully saturated rings. The Kier molecular flexibility index (Phi) is 3.09. The predicted octanol–water partition coefficient (Wildman–Crippen LogP) is 0.816. The third-order valence-electron chi connectivity index (χ3n) is 3.36. The van der Waals surface area contributed by atoms with Crippen molar-refractivity contribution in [2.24, 2.45) is 0 Å². The topological polar surface area (TPSA) is 92.9 Å². The number of carbonyl (C=O) groups excluding carboxylic acids is 1. The van der Waals surface area contributed by atoms with Crippen LogP contribution in [0.4, 0.5) is 0 Å². The van der Waals surface area contributed by atoms with Crippen molar-refractivity contribution in [3.63, 3.8) is 0 Å². The first-order valence-corrected chi connectivity index (χ1v) is 6.52. The fourth-order valence-corrected chi connectivity index (χ4v) is 2.39.